The molecule has 0 unspecified atom stereocenters. The summed E-state index contributed by atoms with van der Waals surface area (Å²) in [6.45, 7) is -0.139. The molecule has 0 saturated heterocycles. The van der Waals surface area contributed by atoms with Crippen molar-refractivity contribution >= 4 is 29.2 Å². The smallest absolute Gasteiger partial charge is 0.344 e. The van der Waals surface area contributed by atoms with Gasteiger partial charge in [-0.15, -0.1) is 0 Å². The van der Waals surface area contributed by atoms with Gasteiger partial charge in [-0.2, -0.15) is 5.26 Å². The molecule has 0 aliphatic carbocycles. The van der Waals surface area contributed by atoms with Gasteiger partial charge in [0.2, 0.25) is 0 Å². The predicted octanol–water partition coefficient (Wildman–Crippen LogP) is 3.99. The van der Waals surface area contributed by atoms with Crippen LogP contribution in [0.25, 0.3) is 0 Å². The van der Waals surface area contributed by atoms with Crippen LogP contribution in [-0.2, 0) is 16.1 Å². The lowest BCUT2D eigenvalue weighted by molar-refractivity contribution is -0.147. The van der Waals surface area contributed by atoms with E-state index in [4.69, 9.17) is 37.9 Å². The van der Waals surface area contributed by atoms with E-state index in [0.29, 0.717) is 21.4 Å². The normalized spacial score (nSPS) is 9.86. The molecule has 2 rings (SSSR count). The van der Waals surface area contributed by atoms with E-state index in [-0.39, 0.29) is 13.2 Å². The maximum absolute atomic E-state index is 11.6. The van der Waals surface area contributed by atoms with Crippen LogP contribution >= 0.6 is 23.2 Å². The van der Waals surface area contributed by atoms with E-state index in [2.05, 4.69) is 0 Å². The monoisotopic (exact) mass is 335 g/mol. The molecule has 0 aliphatic rings. The van der Waals surface area contributed by atoms with Gasteiger partial charge in [-0.25, -0.2) is 4.79 Å². The Labute approximate surface area is 137 Å². The third-order valence-corrected chi connectivity index (χ3v) is 3.25. The van der Waals surface area contributed by atoms with Crippen molar-refractivity contribution in [1.82, 2.24) is 0 Å². The van der Waals surface area contributed by atoms with E-state index in [1.807, 2.05) is 6.07 Å². The molecule has 0 aliphatic heterocycles. The number of carbonyl (C=O) groups is 1. The predicted molar refractivity (Wildman–Crippen MR) is 82.9 cm³/mol. The summed E-state index contributed by atoms with van der Waals surface area (Å²) in [5, 5.41) is 9.51. The number of rotatable bonds is 5. The first-order valence-electron chi connectivity index (χ1n) is 6.31. The van der Waals surface area contributed by atoms with E-state index in [9.17, 15) is 4.79 Å². The number of nitriles is 1. The highest BCUT2D eigenvalue weighted by molar-refractivity contribution is 6.35. The Hall–Kier alpha value is -2.22. The minimum Gasteiger partial charge on any atom is -0.480 e. The summed E-state index contributed by atoms with van der Waals surface area (Å²) in [5.74, 6) is -0.156. The summed E-state index contributed by atoms with van der Waals surface area (Å²) in [6.07, 6.45) is 0. The maximum atomic E-state index is 11.6. The van der Waals surface area contributed by atoms with Gasteiger partial charge in [-0.3, -0.25) is 0 Å². The van der Waals surface area contributed by atoms with Gasteiger partial charge in [0.1, 0.15) is 12.4 Å². The van der Waals surface area contributed by atoms with E-state index >= 15 is 0 Å². The first-order valence-corrected chi connectivity index (χ1v) is 7.06. The average Bonchev–Trinajstić information content (AvgIpc) is 2.52. The molecule has 112 valence electrons. The summed E-state index contributed by atoms with van der Waals surface area (Å²) in [5.41, 5.74) is 1.34. The van der Waals surface area contributed by atoms with Gasteiger partial charge in [-0.1, -0.05) is 35.3 Å². The lowest BCUT2D eigenvalue weighted by Gasteiger charge is -2.08. The first-order chi connectivity index (χ1) is 10.6. The molecule has 2 aromatic rings. The number of carbonyl (C=O) groups excluding carboxylic acids is 1. The van der Waals surface area contributed by atoms with Crippen LogP contribution in [-0.4, -0.2) is 12.6 Å². The molecule has 0 atom stereocenters. The van der Waals surface area contributed by atoms with Crippen molar-refractivity contribution in [2.75, 3.05) is 6.61 Å². The van der Waals surface area contributed by atoms with Crippen LogP contribution in [0.4, 0.5) is 0 Å². The first kappa shape index (κ1) is 16.2. The highest BCUT2D eigenvalue weighted by Gasteiger charge is 2.08. The largest absolute Gasteiger partial charge is 0.480 e. The molecule has 0 amide bonds. The van der Waals surface area contributed by atoms with Crippen molar-refractivity contribution in [3.8, 4) is 11.8 Å². The van der Waals surface area contributed by atoms with Gasteiger partial charge >= 0.3 is 5.97 Å². The Morgan fingerprint density at radius 2 is 1.86 bits per heavy atom. The van der Waals surface area contributed by atoms with E-state index in [1.165, 1.54) is 6.07 Å². The molecule has 22 heavy (non-hydrogen) atoms. The lowest BCUT2D eigenvalue weighted by atomic mass is 10.2. The number of benzene rings is 2. The van der Waals surface area contributed by atoms with Gasteiger partial charge in [0, 0.05) is 5.02 Å². The third kappa shape index (κ3) is 4.66. The summed E-state index contributed by atoms with van der Waals surface area (Å²) >= 11 is 11.7. The van der Waals surface area contributed by atoms with Crippen molar-refractivity contribution in [2.45, 2.75) is 6.61 Å². The van der Waals surface area contributed by atoms with Crippen LogP contribution in [0.1, 0.15) is 11.1 Å². The van der Waals surface area contributed by atoms with Crippen LogP contribution in [0.2, 0.25) is 10.0 Å². The molecule has 0 saturated carbocycles. The third-order valence-electron chi connectivity index (χ3n) is 2.72. The average molecular weight is 336 g/mol. The van der Waals surface area contributed by atoms with Crippen LogP contribution < -0.4 is 4.74 Å². The second-order valence-electron chi connectivity index (χ2n) is 4.33. The van der Waals surface area contributed by atoms with Crippen LogP contribution in [0.15, 0.2) is 42.5 Å². The van der Waals surface area contributed by atoms with Crippen molar-refractivity contribution in [1.29, 1.82) is 5.26 Å². The van der Waals surface area contributed by atoms with Crippen molar-refractivity contribution in [2.24, 2.45) is 0 Å². The number of ether oxygens (including phenoxy) is 2. The Morgan fingerprint density at radius 3 is 2.50 bits per heavy atom. The minimum absolute atomic E-state index is 0.113. The van der Waals surface area contributed by atoms with Crippen LogP contribution in [0, 0.1) is 11.3 Å². The molecule has 0 radical (unpaired) electrons. The highest BCUT2D eigenvalue weighted by Crippen LogP contribution is 2.27. The second-order valence-corrected chi connectivity index (χ2v) is 5.18. The fraction of sp³-hybridized carbons (Fsp3) is 0.125. The SMILES string of the molecule is N#Cc1ccc(COC(=O)COc2ccc(Cl)cc2Cl)cc1. The van der Waals surface area contributed by atoms with Gasteiger partial charge in [0.05, 0.1) is 16.7 Å². The Balaban J connectivity index is 1.81. The number of hydrogen-bond donors (Lipinski definition) is 0. The zero-order valence-corrected chi connectivity index (χ0v) is 12.9. The quantitative estimate of drug-likeness (QED) is 0.775. The Kier molecular flexibility index (Phi) is 5.65. The molecular weight excluding hydrogens is 325 g/mol. The molecule has 6 heteroatoms. The van der Waals surface area contributed by atoms with E-state index in [0.717, 1.165) is 5.56 Å². The number of halogens is 2. The molecular formula is C16H11Cl2NO3. The summed E-state index contributed by atoms with van der Waals surface area (Å²) < 4.78 is 10.3. The summed E-state index contributed by atoms with van der Waals surface area (Å²) in [6, 6.07) is 13.5. The lowest BCUT2D eigenvalue weighted by Crippen LogP contribution is -2.14. The van der Waals surface area contributed by atoms with Crippen molar-refractivity contribution in [3.63, 3.8) is 0 Å². The zero-order valence-electron chi connectivity index (χ0n) is 11.4. The molecule has 0 bridgehead atoms. The minimum atomic E-state index is -0.518. The summed E-state index contributed by atoms with van der Waals surface area (Å²) in [4.78, 5) is 11.6. The van der Waals surface area contributed by atoms with Gasteiger partial charge in [0.15, 0.2) is 6.61 Å². The topological polar surface area (TPSA) is 59.3 Å². The number of nitrogens with zero attached hydrogens (tertiary/aromatic N) is 1. The molecule has 4 nitrogen and oxygen atoms in total. The maximum Gasteiger partial charge on any atom is 0.344 e. The van der Waals surface area contributed by atoms with Gasteiger partial charge in [0.25, 0.3) is 0 Å². The van der Waals surface area contributed by atoms with Gasteiger partial charge < -0.3 is 9.47 Å². The zero-order chi connectivity index (χ0) is 15.9. The fourth-order valence-corrected chi connectivity index (χ4v) is 2.07. The van der Waals surface area contributed by atoms with E-state index < -0.39 is 5.97 Å². The van der Waals surface area contributed by atoms with Crippen LogP contribution in [0.5, 0.6) is 5.75 Å². The van der Waals surface area contributed by atoms with Crippen molar-refractivity contribution in [3.05, 3.63) is 63.6 Å². The van der Waals surface area contributed by atoms with E-state index in [1.54, 1.807) is 36.4 Å². The van der Waals surface area contributed by atoms with Crippen LogP contribution in [0.3, 0.4) is 0 Å². The second kappa shape index (κ2) is 7.69. The molecule has 0 spiro atoms. The summed E-state index contributed by atoms with van der Waals surface area (Å²) in [7, 11) is 0. The standard InChI is InChI=1S/C16H11Cl2NO3/c17-13-5-6-15(14(18)7-13)21-10-16(20)22-9-12-3-1-11(8-19)2-4-12/h1-7H,9-10H2. The van der Waals surface area contributed by atoms with Gasteiger partial charge in [-0.05, 0) is 35.9 Å². The molecule has 0 aromatic heterocycles. The molecule has 2 aromatic carbocycles. The Bertz CT molecular complexity index is 708. The number of hydrogen-bond acceptors (Lipinski definition) is 4. The Morgan fingerprint density at radius 1 is 1.14 bits per heavy atom. The molecule has 0 N–H and O–H groups in total. The fourth-order valence-electron chi connectivity index (χ4n) is 1.61. The highest BCUT2D eigenvalue weighted by atomic mass is 35.5. The molecule has 0 heterocycles. The van der Waals surface area contributed by atoms with Crippen molar-refractivity contribution < 1.29 is 14.3 Å². The molecule has 0 fully saturated rings. The number of esters is 1.